The van der Waals surface area contributed by atoms with Gasteiger partial charge in [0.05, 0.1) is 18.6 Å². The Morgan fingerprint density at radius 2 is 1.55 bits per heavy atom. The molecular weight excluding hydrogens is 465 g/mol. The predicted octanol–water partition coefficient (Wildman–Crippen LogP) is 4.98. The first-order valence-electron chi connectivity index (χ1n) is 10.6. The lowest BCUT2D eigenvalue weighted by molar-refractivity contribution is -0.301. The minimum Gasteiger partial charge on any atom is -0.464 e. The SMILES string of the molecule is C=CC(=O)OC12CC3CC(CC(OCC(=O)OCCC(F)(F)CC(F)(F)C(F)(F)F)(C3)C1)C2. The van der Waals surface area contributed by atoms with Crippen LogP contribution in [0.3, 0.4) is 0 Å². The molecule has 0 aliphatic heterocycles. The molecule has 4 saturated carbocycles. The molecule has 0 aromatic rings. The van der Waals surface area contributed by atoms with Crippen LogP contribution in [0.2, 0.25) is 0 Å². The lowest BCUT2D eigenvalue weighted by Crippen LogP contribution is -2.61. The summed E-state index contributed by atoms with van der Waals surface area (Å²) in [4.78, 5) is 23.7. The summed E-state index contributed by atoms with van der Waals surface area (Å²) in [6.07, 6.45) is -5.31. The summed E-state index contributed by atoms with van der Waals surface area (Å²) in [7, 11) is 0. The lowest BCUT2D eigenvalue weighted by Gasteiger charge is -2.60. The van der Waals surface area contributed by atoms with Crippen molar-refractivity contribution in [2.24, 2.45) is 11.8 Å². The average molecular weight is 490 g/mol. The Kier molecular flexibility index (Phi) is 6.82. The van der Waals surface area contributed by atoms with Crippen molar-refractivity contribution in [3.63, 3.8) is 0 Å². The Bertz CT molecular complexity index is 765. The van der Waals surface area contributed by atoms with Gasteiger partial charge in [-0.3, -0.25) is 0 Å². The molecule has 4 rings (SSSR count). The fourth-order valence-electron chi connectivity index (χ4n) is 5.72. The number of hydrogen-bond donors (Lipinski definition) is 0. The minimum absolute atomic E-state index is 0.230. The zero-order valence-corrected chi connectivity index (χ0v) is 17.7. The Labute approximate surface area is 185 Å². The van der Waals surface area contributed by atoms with Gasteiger partial charge < -0.3 is 14.2 Å². The van der Waals surface area contributed by atoms with Crippen LogP contribution in [0.15, 0.2) is 12.7 Å². The number of rotatable bonds is 10. The minimum atomic E-state index is -6.10. The standard InChI is InChI=1S/C21H25F7O5/c1-2-15(29)33-18-8-13-5-14(9-18)7-17(6-13,11-18)32-10-16(30)31-4-3-19(22,23)12-20(24,25)21(26,27)28/h2,13-14H,1,3-12H2. The number of carbonyl (C=O) groups is 2. The van der Waals surface area contributed by atoms with Crippen molar-refractivity contribution >= 4 is 11.9 Å². The highest BCUT2D eigenvalue weighted by molar-refractivity contribution is 5.81. The van der Waals surface area contributed by atoms with Gasteiger partial charge in [-0.2, -0.15) is 22.0 Å². The third kappa shape index (κ3) is 5.99. The highest BCUT2D eigenvalue weighted by atomic mass is 19.4. The molecule has 0 spiro atoms. The van der Waals surface area contributed by atoms with E-state index in [-0.39, 0.29) is 11.8 Å². The molecule has 12 heteroatoms. The second-order valence-electron chi connectivity index (χ2n) is 9.45. The van der Waals surface area contributed by atoms with E-state index in [1.165, 1.54) is 0 Å². The summed E-state index contributed by atoms with van der Waals surface area (Å²) in [6, 6.07) is 0. The quantitative estimate of drug-likeness (QED) is 0.246. The van der Waals surface area contributed by atoms with Crippen LogP contribution in [-0.2, 0) is 23.8 Å². The Morgan fingerprint density at radius 3 is 2.09 bits per heavy atom. The van der Waals surface area contributed by atoms with Gasteiger partial charge in [0.2, 0.25) is 0 Å². The van der Waals surface area contributed by atoms with Crippen molar-refractivity contribution in [1.29, 1.82) is 0 Å². The summed E-state index contributed by atoms with van der Waals surface area (Å²) in [6.45, 7) is 1.75. The zero-order chi connectivity index (χ0) is 24.7. The van der Waals surface area contributed by atoms with E-state index in [2.05, 4.69) is 11.3 Å². The fourth-order valence-corrected chi connectivity index (χ4v) is 5.72. The van der Waals surface area contributed by atoms with Gasteiger partial charge in [-0.1, -0.05) is 6.58 Å². The molecule has 0 radical (unpaired) electrons. The van der Waals surface area contributed by atoms with Gasteiger partial charge in [0.25, 0.3) is 5.92 Å². The topological polar surface area (TPSA) is 61.8 Å². The summed E-state index contributed by atoms with van der Waals surface area (Å²) < 4.78 is 105. The molecule has 0 aromatic carbocycles. The van der Waals surface area contributed by atoms with E-state index in [4.69, 9.17) is 9.47 Å². The average Bonchev–Trinajstić information content (AvgIpc) is 2.63. The summed E-state index contributed by atoms with van der Waals surface area (Å²) in [5.41, 5.74) is -1.46. The third-order valence-corrected chi connectivity index (χ3v) is 6.56. The number of halogens is 7. The third-order valence-electron chi connectivity index (χ3n) is 6.56. The van der Waals surface area contributed by atoms with Crippen LogP contribution < -0.4 is 0 Å². The second-order valence-corrected chi connectivity index (χ2v) is 9.45. The van der Waals surface area contributed by atoms with Gasteiger partial charge in [0.15, 0.2) is 0 Å². The number of ether oxygens (including phenoxy) is 3. The van der Waals surface area contributed by atoms with Crippen molar-refractivity contribution in [3.8, 4) is 0 Å². The molecule has 4 fully saturated rings. The smallest absolute Gasteiger partial charge is 0.453 e. The van der Waals surface area contributed by atoms with Crippen molar-refractivity contribution in [3.05, 3.63) is 12.7 Å². The number of hydrogen-bond acceptors (Lipinski definition) is 5. The first-order valence-corrected chi connectivity index (χ1v) is 10.6. The summed E-state index contributed by atoms with van der Waals surface area (Å²) in [5, 5.41) is 0. The van der Waals surface area contributed by atoms with Crippen molar-refractivity contribution < 1.29 is 54.5 Å². The van der Waals surface area contributed by atoms with E-state index >= 15 is 0 Å². The predicted molar refractivity (Wildman–Crippen MR) is 98.5 cm³/mol. The van der Waals surface area contributed by atoms with E-state index in [1.54, 1.807) is 0 Å². The van der Waals surface area contributed by atoms with Gasteiger partial charge in [0, 0.05) is 18.9 Å². The highest BCUT2D eigenvalue weighted by Crippen LogP contribution is 2.60. The molecule has 0 N–H and O–H groups in total. The first kappa shape index (κ1) is 25.8. The lowest BCUT2D eigenvalue weighted by atomic mass is 9.52. The van der Waals surface area contributed by atoms with E-state index in [0.717, 1.165) is 12.5 Å². The Balaban J connectivity index is 1.49. The molecule has 2 atom stereocenters. The van der Waals surface area contributed by atoms with Gasteiger partial charge >= 0.3 is 24.0 Å². The molecular formula is C21H25F7O5. The number of carbonyl (C=O) groups excluding carboxylic acids is 2. The molecule has 0 saturated heterocycles. The van der Waals surface area contributed by atoms with Crippen LogP contribution in [0.1, 0.15) is 51.4 Å². The highest BCUT2D eigenvalue weighted by Gasteiger charge is 2.62. The first-order chi connectivity index (χ1) is 15.1. The van der Waals surface area contributed by atoms with Gasteiger partial charge in [0.1, 0.15) is 12.2 Å². The van der Waals surface area contributed by atoms with E-state index < -0.39 is 67.2 Å². The molecule has 0 heterocycles. The molecule has 188 valence electrons. The molecule has 4 bridgehead atoms. The van der Waals surface area contributed by atoms with Crippen molar-refractivity contribution in [2.75, 3.05) is 13.2 Å². The largest absolute Gasteiger partial charge is 0.464 e. The van der Waals surface area contributed by atoms with Crippen LogP contribution in [0, 0.1) is 11.8 Å². The fraction of sp³-hybridized carbons (Fsp3) is 0.810. The molecule has 4 aliphatic carbocycles. The van der Waals surface area contributed by atoms with E-state index in [9.17, 15) is 40.3 Å². The Hall–Kier alpha value is -1.85. The van der Waals surface area contributed by atoms with Gasteiger partial charge in [-0.25, -0.2) is 18.4 Å². The van der Waals surface area contributed by atoms with Crippen LogP contribution in [0.4, 0.5) is 30.7 Å². The van der Waals surface area contributed by atoms with Crippen molar-refractivity contribution in [1.82, 2.24) is 0 Å². The molecule has 0 aromatic heterocycles. The maximum atomic E-state index is 13.5. The second kappa shape index (κ2) is 8.74. The molecule has 0 amide bonds. The molecule has 5 nitrogen and oxygen atoms in total. The van der Waals surface area contributed by atoms with Crippen molar-refractivity contribution in [2.45, 2.75) is 80.6 Å². The van der Waals surface area contributed by atoms with Crippen LogP contribution in [0.5, 0.6) is 0 Å². The molecule has 33 heavy (non-hydrogen) atoms. The Morgan fingerprint density at radius 1 is 0.970 bits per heavy atom. The zero-order valence-electron chi connectivity index (χ0n) is 17.7. The van der Waals surface area contributed by atoms with Gasteiger partial charge in [-0.15, -0.1) is 0 Å². The van der Waals surface area contributed by atoms with Crippen LogP contribution in [-0.4, -0.2) is 54.4 Å². The molecule has 2 unspecified atom stereocenters. The number of alkyl halides is 7. The van der Waals surface area contributed by atoms with E-state index in [1.807, 2.05) is 0 Å². The maximum Gasteiger partial charge on any atom is 0.453 e. The summed E-state index contributed by atoms with van der Waals surface area (Å²) >= 11 is 0. The van der Waals surface area contributed by atoms with E-state index in [0.29, 0.717) is 32.1 Å². The van der Waals surface area contributed by atoms with Gasteiger partial charge in [-0.05, 0) is 43.9 Å². The molecule has 4 aliphatic rings. The monoisotopic (exact) mass is 490 g/mol. The normalized spacial score (nSPS) is 31.4. The summed E-state index contributed by atoms with van der Waals surface area (Å²) in [5.74, 6) is -11.1. The number of esters is 2. The maximum absolute atomic E-state index is 13.5. The van der Waals surface area contributed by atoms with Crippen LogP contribution in [0.25, 0.3) is 0 Å². The van der Waals surface area contributed by atoms with Crippen LogP contribution >= 0.6 is 0 Å².